The molecule has 5 nitrogen and oxygen atoms in total. The molecule has 24 heavy (non-hydrogen) atoms. The van der Waals surface area contributed by atoms with Crippen molar-refractivity contribution in [2.75, 3.05) is 5.32 Å². The molecule has 2 aromatic carbocycles. The lowest BCUT2D eigenvalue weighted by Gasteiger charge is -2.06. The smallest absolute Gasteiger partial charge is 0.272 e. The zero-order valence-electron chi connectivity index (χ0n) is 12.7. The van der Waals surface area contributed by atoms with Gasteiger partial charge in [-0.3, -0.25) is 4.79 Å². The van der Waals surface area contributed by atoms with Gasteiger partial charge in [0.25, 0.3) is 5.91 Å². The number of hydrogen-bond donors (Lipinski definition) is 2. The van der Waals surface area contributed by atoms with Crippen molar-refractivity contribution in [1.82, 2.24) is 15.5 Å². The molecule has 0 saturated heterocycles. The van der Waals surface area contributed by atoms with Crippen LogP contribution in [0.5, 0.6) is 0 Å². The Hall–Kier alpha value is -3.28. The summed E-state index contributed by atoms with van der Waals surface area (Å²) in [6, 6.07) is 18.7. The van der Waals surface area contributed by atoms with E-state index in [4.69, 9.17) is 0 Å². The highest BCUT2D eigenvalue weighted by Crippen LogP contribution is 2.14. The van der Waals surface area contributed by atoms with Gasteiger partial charge in [0.15, 0.2) is 11.5 Å². The number of aromatic nitrogens is 2. The highest BCUT2D eigenvalue weighted by molar-refractivity contribution is 5.92. The van der Waals surface area contributed by atoms with Crippen LogP contribution < -0.4 is 10.6 Å². The largest absolute Gasteiger partial charge is 0.347 e. The predicted octanol–water partition coefficient (Wildman–Crippen LogP) is 3.29. The number of benzene rings is 2. The minimum Gasteiger partial charge on any atom is -0.347 e. The Morgan fingerprint density at radius 2 is 1.67 bits per heavy atom. The van der Waals surface area contributed by atoms with Crippen molar-refractivity contribution in [2.45, 2.75) is 6.54 Å². The van der Waals surface area contributed by atoms with E-state index >= 15 is 0 Å². The average Bonchev–Trinajstić information content (AvgIpc) is 2.63. The summed E-state index contributed by atoms with van der Waals surface area (Å²) in [7, 11) is 0. The minimum absolute atomic E-state index is 0.232. The number of halogens is 1. The molecule has 0 bridgehead atoms. The average molecular weight is 322 g/mol. The molecular formula is C18H15FN4O. The number of hydrogen-bond acceptors (Lipinski definition) is 4. The van der Waals surface area contributed by atoms with Crippen LogP contribution >= 0.6 is 0 Å². The molecule has 3 rings (SSSR count). The molecule has 0 spiro atoms. The molecule has 1 amide bonds. The lowest BCUT2D eigenvalue weighted by molar-refractivity contribution is 0.0945. The third-order valence-electron chi connectivity index (χ3n) is 3.31. The quantitative estimate of drug-likeness (QED) is 0.756. The zero-order valence-corrected chi connectivity index (χ0v) is 12.7. The Labute approximate surface area is 138 Å². The minimum atomic E-state index is -0.308. The molecule has 0 atom stereocenters. The molecule has 0 aliphatic carbocycles. The first-order valence-electron chi connectivity index (χ1n) is 7.39. The maximum absolute atomic E-state index is 12.9. The maximum atomic E-state index is 12.9. The molecule has 0 aliphatic rings. The molecule has 1 heterocycles. The van der Waals surface area contributed by atoms with Crippen LogP contribution in [0.25, 0.3) is 0 Å². The molecule has 3 aromatic rings. The van der Waals surface area contributed by atoms with Crippen LogP contribution in [-0.4, -0.2) is 16.1 Å². The van der Waals surface area contributed by atoms with E-state index in [2.05, 4.69) is 20.8 Å². The topological polar surface area (TPSA) is 66.9 Å². The van der Waals surface area contributed by atoms with E-state index in [1.165, 1.54) is 12.1 Å². The summed E-state index contributed by atoms with van der Waals surface area (Å²) in [6.45, 7) is 0.428. The van der Waals surface area contributed by atoms with E-state index in [-0.39, 0.29) is 17.4 Å². The maximum Gasteiger partial charge on any atom is 0.272 e. The Bertz CT molecular complexity index is 805. The summed E-state index contributed by atoms with van der Waals surface area (Å²) in [5, 5.41) is 13.6. The molecule has 0 aliphatic heterocycles. The van der Waals surface area contributed by atoms with Gasteiger partial charge in [-0.25, -0.2) is 4.39 Å². The Balaban J connectivity index is 1.59. The summed E-state index contributed by atoms with van der Waals surface area (Å²) < 4.78 is 12.9. The van der Waals surface area contributed by atoms with E-state index in [0.717, 1.165) is 5.56 Å². The number of nitrogens with zero attached hydrogens (tertiary/aromatic N) is 2. The number of carbonyl (C=O) groups is 1. The fourth-order valence-electron chi connectivity index (χ4n) is 2.07. The van der Waals surface area contributed by atoms with Crippen LogP contribution in [0.1, 0.15) is 16.1 Å². The normalized spacial score (nSPS) is 10.2. The van der Waals surface area contributed by atoms with Crippen LogP contribution in [-0.2, 0) is 6.54 Å². The second-order valence-corrected chi connectivity index (χ2v) is 5.10. The second kappa shape index (κ2) is 7.32. The summed E-state index contributed by atoms with van der Waals surface area (Å²) in [5.74, 6) is -0.127. The molecule has 2 N–H and O–H groups in total. The summed E-state index contributed by atoms with van der Waals surface area (Å²) in [4.78, 5) is 12.0. The van der Waals surface area contributed by atoms with Crippen molar-refractivity contribution in [2.24, 2.45) is 0 Å². The molecular weight excluding hydrogens is 307 g/mol. The van der Waals surface area contributed by atoms with Crippen molar-refractivity contribution in [3.63, 3.8) is 0 Å². The summed E-state index contributed by atoms with van der Waals surface area (Å²) in [6.07, 6.45) is 0. The molecule has 0 radical (unpaired) electrons. The van der Waals surface area contributed by atoms with Crippen LogP contribution in [0.4, 0.5) is 15.9 Å². The highest BCUT2D eigenvalue weighted by Gasteiger charge is 2.08. The number of rotatable bonds is 5. The highest BCUT2D eigenvalue weighted by atomic mass is 19.1. The second-order valence-electron chi connectivity index (χ2n) is 5.10. The van der Waals surface area contributed by atoms with Gasteiger partial charge in [-0.2, -0.15) is 0 Å². The van der Waals surface area contributed by atoms with E-state index < -0.39 is 0 Å². The third kappa shape index (κ3) is 4.13. The molecule has 0 saturated carbocycles. The first kappa shape index (κ1) is 15.6. The fourth-order valence-corrected chi connectivity index (χ4v) is 2.07. The Morgan fingerprint density at radius 3 is 2.33 bits per heavy atom. The van der Waals surface area contributed by atoms with Gasteiger partial charge < -0.3 is 10.6 Å². The first-order chi connectivity index (χ1) is 11.7. The lowest BCUT2D eigenvalue weighted by Crippen LogP contribution is -2.24. The number of nitrogens with one attached hydrogen (secondary N) is 2. The van der Waals surface area contributed by atoms with Crippen LogP contribution in [0.3, 0.4) is 0 Å². The van der Waals surface area contributed by atoms with Crippen LogP contribution in [0.15, 0.2) is 66.7 Å². The van der Waals surface area contributed by atoms with Gasteiger partial charge in [0.2, 0.25) is 0 Å². The fraction of sp³-hybridized carbons (Fsp3) is 0.0556. The standard InChI is InChI=1S/C18H15FN4O/c19-14-6-8-15(9-7-14)21-17-11-10-16(22-23-17)18(24)20-12-13-4-2-1-3-5-13/h1-11H,12H2,(H,20,24)(H,21,23). The van der Waals surface area contributed by atoms with Gasteiger partial charge in [-0.05, 0) is 42.0 Å². The van der Waals surface area contributed by atoms with E-state index in [1.54, 1.807) is 24.3 Å². The van der Waals surface area contributed by atoms with Crippen molar-refractivity contribution in [3.05, 3.63) is 83.8 Å². The zero-order chi connectivity index (χ0) is 16.8. The van der Waals surface area contributed by atoms with Gasteiger partial charge in [0.1, 0.15) is 5.82 Å². The van der Waals surface area contributed by atoms with Crippen molar-refractivity contribution >= 4 is 17.4 Å². The summed E-state index contributed by atoms with van der Waals surface area (Å²) >= 11 is 0. The van der Waals surface area contributed by atoms with Crippen LogP contribution in [0, 0.1) is 5.82 Å². The molecule has 120 valence electrons. The van der Waals surface area contributed by atoms with Gasteiger partial charge >= 0.3 is 0 Å². The van der Waals surface area contributed by atoms with Crippen molar-refractivity contribution < 1.29 is 9.18 Å². The predicted molar refractivity (Wildman–Crippen MR) is 89.3 cm³/mol. The molecule has 0 unspecified atom stereocenters. The van der Waals surface area contributed by atoms with Gasteiger partial charge in [-0.15, -0.1) is 10.2 Å². The Morgan fingerprint density at radius 1 is 0.917 bits per heavy atom. The first-order valence-corrected chi connectivity index (χ1v) is 7.39. The molecule has 6 heteroatoms. The summed E-state index contributed by atoms with van der Waals surface area (Å²) in [5.41, 5.74) is 1.93. The molecule has 0 fully saturated rings. The van der Waals surface area contributed by atoms with E-state index in [9.17, 15) is 9.18 Å². The van der Waals surface area contributed by atoms with E-state index in [0.29, 0.717) is 18.1 Å². The Kier molecular flexibility index (Phi) is 4.76. The van der Waals surface area contributed by atoms with Gasteiger partial charge in [-0.1, -0.05) is 30.3 Å². The van der Waals surface area contributed by atoms with E-state index in [1.807, 2.05) is 30.3 Å². The van der Waals surface area contributed by atoms with Crippen LogP contribution in [0.2, 0.25) is 0 Å². The number of anilines is 2. The van der Waals surface area contributed by atoms with Crippen molar-refractivity contribution in [1.29, 1.82) is 0 Å². The third-order valence-corrected chi connectivity index (χ3v) is 3.31. The van der Waals surface area contributed by atoms with Gasteiger partial charge in [0, 0.05) is 12.2 Å². The number of amides is 1. The van der Waals surface area contributed by atoms with Crippen molar-refractivity contribution in [3.8, 4) is 0 Å². The van der Waals surface area contributed by atoms with Gasteiger partial charge in [0.05, 0.1) is 0 Å². The number of carbonyl (C=O) groups excluding carboxylic acids is 1. The molecule has 1 aromatic heterocycles. The lowest BCUT2D eigenvalue weighted by atomic mass is 10.2. The SMILES string of the molecule is O=C(NCc1ccccc1)c1ccc(Nc2ccc(F)cc2)nn1. The monoisotopic (exact) mass is 322 g/mol.